The molecule has 0 aromatic heterocycles. The number of hydrogen-bond acceptors (Lipinski definition) is 9. The third-order valence-electron chi connectivity index (χ3n) is 3.61. The smallest absolute Gasteiger partial charge is 0.323 e. The first-order valence-corrected chi connectivity index (χ1v) is 10.0. The molecule has 0 saturated heterocycles. The van der Waals surface area contributed by atoms with Gasteiger partial charge in [0.1, 0.15) is 11.6 Å². The summed E-state index contributed by atoms with van der Waals surface area (Å²) in [5, 5.41) is 2.83. The quantitative estimate of drug-likeness (QED) is 0.272. The number of ether oxygens (including phenoxy) is 4. The summed E-state index contributed by atoms with van der Waals surface area (Å²) in [5.41, 5.74) is -0.634. The van der Waals surface area contributed by atoms with Crippen LogP contribution in [0.4, 0.5) is 0 Å². The minimum absolute atomic E-state index is 0.150. The van der Waals surface area contributed by atoms with Crippen LogP contribution < -0.4 is 5.32 Å². The first-order chi connectivity index (χ1) is 13.6. The second kappa shape index (κ2) is 13.9. The molecule has 0 saturated carbocycles. The van der Waals surface area contributed by atoms with Crippen LogP contribution in [-0.4, -0.2) is 61.9 Å². The van der Waals surface area contributed by atoms with E-state index in [1.807, 2.05) is 0 Å². The fraction of sp³-hybridized carbons (Fsp3) is 0.800. The number of rotatable bonds is 13. The van der Waals surface area contributed by atoms with Gasteiger partial charge >= 0.3 is 23.9 Å². The minimum atomic E-state index is -1.05. The molecule has 0 radical (unpaired) electrons. The highest BCUT2D eigenvalue weighted by Gasteiger charge is 2.30. The van der Waals surface area contributed by atoms with E-state index in [0.717, 1.165) is 0 Å². The van der Waals surface area contributed by atoms with Gasteiger partial charge in [-0.15, -0.1) is 0 Å². The van der Waals surface area contributed by atoms with Gasteiger partial charge in [0.2, 0.25) is 0 Å². The standard InChI is InChI=1S/C20H35NO8/c1-7-26-17(23)14(18(24)27-8-2)11-10-12-15(19(25)28-9-3)21-13-16(22)29-20(4,5)6/h14-15,21H,7-13H2,1-6H3/t15-/m0/s1. The number of hydrogen-bond donors (Lipinski definition) is 1. The maximum absolute atomic E-state index is 12.2. The van der Waals surface area contributed by atoms with Gasteiger partial charge in [-0.25, -0.2) is 0 Å². The molecule has 29 heavy (non-hydrogen) atoms. The zero-order chi connectivity index (χ0) is 22.4. The predicted molar refractivity (Wildman–Crippen MR) is 105 cm³/mol. The first-order valence-electron chi connectivity index (χ1n) is 10.0. The van der Waals surface area contributed by atoms with Crippen molar-refractivity contribution < 1.29 is 38.1 Å². The number of carbonyl (C=O) groups excluding carboxylic acids is 4. The van der Waals surface area contributed by atoms with Crippen molar-refractivity contribution in [3.8, 4) is 0 Å². The van der Waals surface area contributed by atoms with Crippen molar-refractivity contribution in [1.82, 2.24) is 5.32 Å². The molecule has 0 aliphatic carbocycles. The van der Waals surface area contributed by atoms with Crippen molar-refractivity contribution in [2.45, 2.75) is 72.4 Å². The van der Waals surface area contributed by atoms with Gasteiger partial charge < -0.3 is 18.9 Å². The highest BCUT2D eigenvalue weighted by molar-refractivity contribution is 5.94. The van der Waals surface area contributed by atoms with E-state index < -0.39 is 41.4 Å². The molecule has 0 aliphatic heterocycles. The monoisotopic (exact) mass is 417 g/mol. The van der Waals surface area contributed by atoms with E-state index in [1.54, 1.807) is 41.5 Å². The summed E-state index contributed by atoms with van der Waals surface area (Å²) in [5.74, 6) is -3.37. The summed E-state index contributed by atoms with van der Waals surface area (Å²) < 4.78 is 20.1. The second-order valence-corrected chi connectivity index (χ2v) is 7.26. The average molecular weight is 417 g/mol. The zero-order valence-electron chi connectivity index (χ0n) is 18.4. The van der Waals surface area contributed by atoms with E-state index in [0.29, 0.717) is 6.42 Å². The number of esters is 4. The molecule has 1 atom stereocenters. The van der Waals surface area contributed by atoms with E-state index >= 15 is 0 Å². The molecule has 1 N–H and O–H groups in total. The van der Waals surface area contributed by atoms with Crippen molar-refractivity contribution in [3.05, 3.63) is 0 Å². The first kappa shape index (κ1) is 26.8. The van der Waals surface area contributed by atoms with Gasteiger partial charge in [-0.2, -0.15) is 0 Å². The van der Waals surface area contributed by atoms with E-state index in [9.17, 15) is 19.2 Å². The Morgan fingerprint density at radius 2 is 1.28 bits per heavy atom. The molecular weight excluding hydrogens is 382 g/mol. The molecule has 0 spiro atoms. The minimum Gasteiger partial charge on any atom is -0.465 e. The number of carbonyl (C=O) groups is 4. The van der Waals surface area contributed by atoms with Crippen LogP contribution in [-0.2, 0) is 38.1 Å². The van der Waals surface area contributed by atoms with Crippen LogP contribution in [0.3, 0.4) is 0 Å². The molecule has 9 nitrogen and oxygen atoms in total. The van der Waals surface area contributed by atoms with Crippen LogP contribution in [0.5, 0.6) is 0 Å². The summed E-state index contributed by atoms with van der Waals surface area (Å²) in [6.07, 6.45) is 0.756. The lowest BCUT2D eigenvalue weighted by Crippen LogP contribution is -2.42. The topological polar surface area (TPSA) is 117 Å². The molecule has 0 rings (SSSR count). The third-order valence-corrected chi connectivity index (χ3v) is 3.61. The van der Waals surface area contributed by atoms with E-state index in [4.69, 9.17) is 18.9 Å². The lowest BCUT2D eigenvalue weighted by Gasteiger charge is -2.22. The Labute approximate surface area is 172 Å². The molecule has 9 heteroatoms. The van der Waals surface area contributed by atoms with E-state index in [2.05, 4.69) is 5.32 Å². The molecule has 0 aromatic carbocycles. The van der Waals surface area contributed by atoms with Crippen molar-refractivity contribution in [2.75, 3.05) is 26.4 Å². The highest BCUT2D eigenvalue weighted by Crippen LogP contribution is 2.15. The van der Waals surface area contributed by atoms with Crippen molar-refractivity contribution in [1.29, 1.82) is 0 Å². The fourth-order valence-corrected chi connectivity index (χ4v) is 2.47. The SMILES string of the molecule is CCOC(=O)C(CCC[C@H](NCC(=O)OC(C)(C)C)C(=O)OCC)C(=O)OCC. The predicted octanol–water partition coefficient (Wildman–Crippen LogP) is 1.76. The maximum Gasteiger partial charge on any atom is 0.323 e. The Morgan fingerprint density at radius 3 is 1.72 bits per heavy atom. The summed E-state index contributed by atoms with van der Waals surface area (Å²) in [7, 11) is 0. The van der Waals surface area contributed by atoms with Crippen LogP contribution >= 0.6 is 0 Å². The van der Waals surface area contributed by atoms with Crippen molar-refractivity contribution >= 4 is 23.9 Å². The largest absolute Gasteiger partial charge is 0.465 e. The van der Waals surface area contributed by atoms with Gasteiger partial charge in [-0.05, 0) is 60.8 Å². The highest BCUT2D eigenvalue weighted by atomic mass is 16.6. The third kappa shape index (κ3) is 12.1. The van der Waals surface area contributed by atoms with Gasteiger partial charge in [-0.3, -0.25) is 24.5 Å². The summed E-state index contributed by atoms with van der Waals surface area (Å²) >= 11 is 0. The van der Waals surface area contributed by atoms with Crippen LogP contribution in [0.1, 0.15) is 60.8 Å². The fourth-order valence-electron chi connectivity index (χ4n) is 2.47. The van der Waals surface area contributed by atoms with Gasteiger partial charge in [0.25, 0.3) is 0 Å². The lowest BCUT2D eigenvalue weighted by molar-refractivity contribution is -0.162. The molecule has 0 heterocycles. The Morgan fingerprint density at radius 1 is 0.793 bits per heavy atom. The summed E-state index contributed by atoms with van der Waals surface area (Å²) in [6, 6.07) is -0.771. The molecule has 0 fully saturated rings. The maximum atomic E-state index is 12.2. The Balaban J connectivity index is 4.87. The van der Waals surface area contributed by atoms with Crippen molar-refractivity contribution in [3.63, 3.8) is 0 Å². The van der Waals surface area contributed by atoms with Crippen molar-refractivity contribution in [2.24, 2.45) is 5.92 Å². The van der Waals surface area contributed by atoms with Gasteiger partial charge in [0.05, 0.1) is 26.4 Å². The van der Waals surface area contributed by atoms with Gasteiger partial charge in [-0.1, -0.05) is 0 Å². The molecule has 0 aromatic rings. The molecule has 0 unspecified atom stereocenters. The zero-order valence-corrected chi connectivity index (χ0v) is 18.4. The summed E-state index contributed by atoms with van der Waals surface area (Å²) in [6.45, 7) is 10.6. The van der Waals surface area contributed by atoms with Crippen LogP contribution in [0.15, 0.2) is 0 Å². The van der Waals surface area contributed by atoms with Gasteiger partial charge in [0, 0.05) is 0 Å². The molecule has 0 amide bonds. The molecule has 168 valence electrons. The lowest BCUT2D eigenvalue weighted by atomic mass is 9.99. The summed E-state index contributed by atoms with van der Waals surface area (Å²) in [4.78, 5) is 48.1. The normalized spacial score (nSPS) is 12.2. The average Bonchev–Trinajstić information content (AvgIpc) is 2.60. The molecule has 0 bridgehead atoms. The number of nitrogens with one attached hydrogen (secondary N) is 1. The Kier molecular flexibility index (Phi) is 12.9. The molecule has 0 aliphatic rings. The van der Waals surface area contributed by atoms with E-state index in [-0.39, 0.29) is 39.2 Å². The molecular formula is C20H35NO8. The van der Waals surface area contributed by atoms with E-state index in [1.165, 1.54) is 0 Å². The van der Waals surface area contributed by atoms with Crippen LogP contribution in [0.2, 0.25) is 0 Å². The van der Waals surface area contributed by atoms with Crippen LogP contribution in [0.25, 0.3) is 0 Å². The van der Waals surface area contributed by atoms with Crippen LogP contribution in [0, 0.1) is 5.92 Å². The van der Waals surface area contributed by atoms with Gasteiger partial charge in [0.15, 0.2) is 5.92 Å². The second-order valence-electron chi connectivity index (χ2n) is 7.26. The Bertz CT molecular complexity index is 523. The Hall–Kier alpha value is -2.16.